The van der Waals surface area contributed by atoms with Gasteiger partial charge >= 0.3 is 0 Å². The van der Waals surface area contributed by atoms with Gasteiger partial charge in [0.05, 0.1) is 0 Å². The molecule has 24 heavy (non-hydrogen) atoms. The van der Waals surface area contributed by atoms with E-state index in [1.807, 2.05) is 23.1 Å². The Kier molecular flexibility index (Phi) is 4.13. The van der Waals surface area contributed by atoms with Crippen LogP contribution in [0, 0.1) is 0 Å². The van der Waals surface area contributed by atoms with Crippen LogP contribution in [0.25, 0.3) is 10.1 Å². The maximum absolute atomic E-state index is 12.7. The summed E-state index contributed by atoms with van der Waals surface area (Å²) in [6, 6.07) is 10.1. The molecule has 3 heterocycles. The minimum atomic E-state index is 0.123. The summed E-state index contributed by atoms with van der Waals surface area (Å²) in [6.07, 6.45) is 5.28. The van der Waals surface area contributed by atoms with Gasteiger partial charge in [0.1, 0.15) is 0 Å². The largest absolute Gasteiger partial charge is 0.351 e. The van der Waals surface area contributed by atoms with Crippen molar-refractivity contribution in [3.05, 3.63) is 53.7 Å². The monoisotopic (exact) mass is 338 g/mol. The van der Waals surface area contributed by atoms with Crippen molar-refractivity contribution in [2.24, 2.45) is 0 Å². The molecule has 0 spiro atoms. The molecule has 1 saturated heterocycles. The van der Waals surface area contributed by atoms with Gasteiger partial charge in [0, 0.05) is 41.8 Å². The fourth-order valence-electron chi connectivity index (χ4n) is 3.07. The van der Waals surface area contributed by atoms with E-state index in [0.29, 0.717) is 12.0 Å². The van der Waals surface area contributed by atoms with Crippen LogP contribution >= 0.6 is 11.3 Å². The van der Waals surface area contributed by atoms with Crippen LogP contribution in [-0.2, 0) is 0 Å². The molecule has 3 aromatic rings. The molecule has 0 unspecified atom stereocenters. The number of hydrogen-bond donors (Lipinski definition) is 1. The van der Waals surface area contributed by atoms with E-state index in [1.165, 1.54) is 4.70 Å². The summed E-state index contributed by atoms with van der Waals surface area (Å²) < 4.78 is 1.22. The maximum atomic E-state index is 12.7. The maximum Gasteiger partial charge on any atom is 0.253 e. The molecule has 1 fully saturated rings. The third-order valence-electron chi connectivity index (χ3n) is 4.38. The highest BCUT2D eigenvalue weighted by atomic mass is 32.1. The van der Waals surface area contributed by atoms with Crippen molar-refractivity contribution in [2.75, 3.05) is 18.4 Å². The molecule has 1 aliphatic heterocycles. The zero-order chi connectivity index (χ0) is 16.4. The fraction of sp³-hybridized carbons (Fsp3) is 0.278. The lowest BCUT2D eigenvalue weighted by Crippen LogP contribution is -2.42. The lowest BCUT2D eigenvalue weighted by atomic mass is 10.0. The molecular weight excluding hydrogens is 320 g/mol. The van der Waals surface area contributed by atoms with Crippen molar-refractivity contribution in [3.63, 3.8) is 0 Å². The number of nitrogens with zero attached hydrogens (tertiary/aromatic N) is 3. The van der Waals surface area contributed by atoms with E-state index in [-0.39, 0.29) is 5.91 Å². The number of thiophene rings is 1. The lowest BCUT2D eigenvalue weighted by Gasteiger charge is -2.32. The first-order chi connectivity index (χ1) is 11.8. The Bertz CT molecular complexity index is 840. The van der Waals surface area contributed by atoms with Crippen molar-refractivity contribution in [1.29, 1.82) is 0 Å². The third kappa shape index (κ3) is 3.10. The number of rotatable bonds is 3. The van der Waals surface area contributed by atoms with Gasteiger partial charge in [-0.2, -0.15) is 0 Å². The zero-order valence-corrected chi connectivity index (χ0v) is 14.0. The molecule has 5 nitrogen and oxygen atoms in total. The predicted molar refractivity (Wildman–Crippen MR) is 96.4 cm³/mol. The summed E-state index contributed by atoms with van der Waals surface area (Å²) in [5.41, 5.74) is 0.777. The average molecular weight is 338 g/mol. The van der Waals surface area contributed by atoms with Crippen LogP contribution in [0.4, 0.5) is 5.95 Å². The van der Waals surface area contributed by atoms with Crippen molar-refractivity contribution in [3.8, 4) is 0 Å². The van der Waals surface area contributed by atoms with Gasteiger partial charge in [0.2, 0.25) is 5.95 Å². The number of fused-ring (bicyclic) bond motifs is 1. The average Bonchev–Trinajstić information content (AvgIpc) is 3.10. The van der Waals surface area contributed by atoms with Gasteiger partial charge < -0.3 is 10.2 Å². The number of aromatic nitrogens is 2. The highest BCUT2D eigenvalue weighted by Crippen LogP contribution is 2.23. The molecule has 4 rings (SSSR count). The topological polar surface area (TPSA) is 58.1 Å². The molecule has 0 aliphatic carbocycles. The molecule has 0 bridgehead atoms. The minimum Gasteiger partial charge on any atom is -0.351 e. The standard InChI is InChI=1S/C18H18N4OS/c23-17(14-2-3-16-13(12-14)6-11-24-16)22-9-4-15(5-10-22)21-18-19-7-1-8-20-18/h1-3,6-8,11-12,15H,4-5,9-10H2,(H,19,20,21). The normalized spacial score (nSPS) is 15.6. The second-order valence-electron chi connectivity index (χ2n) is 5.96. The Morgan fingerprint density at radius 1 is 1.17 bits per heavy atom. The molecule has 0 atom stereocenters. The summed E-state index contributed by atoms with van der Waals surface area (Å²) in [5.74, 6) is 0.780. The van der Waals surface area contributed by atoms with Gasteiger partial charge in [-0.1, -0.05) is 0 Å². The first-order valence-electron chi connectivity index (χ1n) is 8.10. The summed E-state index contributed by atoms with van der Waals surface area (Å²) in [4.78, 5) is 23.0. The number of likely N-dealkylation sites (tertiary alicyclic amines) is 1. The van der Waals surface area contributed by atoms with E-state index in [1.54, 1.807) is 29.8 Å². The van der Waals surface area contributed by atoms with E-state index >= 15 is 0 Å². The van der Waals surface area contributed by atoms with Crippen LogP contribution in [0.2, 0.25) is 0 Å². The Hall–Kier alpha value is -2.47. The molecule has 0 saturated carbocycles. The summed E-state index contributed by atoms with van der Waals surface area (Å²) in [6.45, 7) is 1.51. The van der Waals surface area contributed by atoms with Gasteiger partial charge in [-0.15, -0.1) is 11.3 Å². The van der Waals surface area contributed by atoms with Crippen molar-refractivity contribution >= 4 is 33.3 Å². The van der Waals surface area contributed by atoms with Crippen molar-refractivity contribution < 1.29 is 4.79 Å². The Labute approximate surface area is 144 Å². The number of anilines is 1. The van der Waals surface area contributed by atoms with Gasteiger partial charge in [0.15, 0.2) is 0 Å². The van der Waals surface area contributed by atoms with Crippen molar-refractivity contribution in [1.82, 2.24) is 14.9 Å². The summed E-state index contributed by atoms with van der Waals surface area (Å²) >= 11 is 1.70. The van der Waals surface area contributed by atoms with Gasteiger partial charge in [-0.25, -0.2) is 9.97 Å². The predicted octanol–water partition coefficient (Wildman–Crippen LogP) is 3.41. The van der Waals surface area contributed by atoms with Crippen LogP contribution in [0.5, 0.6) is 0 Å². The first kappa shape index (κ1) is 15.1. The molecule has 6 heteroatoms. The molecular formula is C18H18N4OS. The summed E-state index contributed by atoms with van der Waals surface area (Å²) in [5, 5.41) is 6.54. The van der Waals surface area contributed by atoms with Crippen LogP contribution in [0.3, 0.4) is 0 Å². The lowest BCUT2D eigenvalue weighted by molar-refractivity contribution is 0.0718. The van der Waals surface area contributed by atoms with Crippen LogP contribution in [-0.4, -0.2) is 39.9 Å². The number of benzene rings is 1. The molecule has 1 amide bonds. The summed E-state index contributed by atoms with van der Waals surface area (Å²) in [7, 11) is 0. The Balaban J connectivity index is 1.39. The van der Waals surface area contributed by atoms with E-state index in [4.69, 9.17) is 0 Å². The number of nitrogens with one attached hydrogen (secondary N) is 1. The highest BCUT2D eigenvalue weighted by Gasteiger charge is 2.24. The molecule has 2 aromatic heterocycles. The van der Waals surface area contributed by atoms with E-state index in [2.05, 4.69) is 26.7 Å². The Morgan fingerprint density at radius 3 is 2.75 bits per heavy atom. The van der Waals surface area contributed by atoms with E-state index in [9.17, 15) is 4.79 Å². The number of carbonyl (C=O) groups is 1. The van der Waals surface area contributed by atoms with Crippen LogP contribution < -0.4 is 5.32 Å². The van der Waals surface area contributed by atoms with Gasteiger partial charge in [0.25, 0.3) is 5.91 Å². The SMILES string of the molecule is O=C(c1ccc2sccc2c1)N1CCC(Nc2ncccn2)CC1. The van der Waals surface area contributed by atoms with Gasteiger partial charge in [-0.3, -0.25) is 4.79 Å². The second kappa shape index (κ2) is 6.57. The fourth-order valence-corrected chi connectivity index (χ4v) is 3.84. The highest BCUT2D eigenvalue weighted by molar-refractivity contribution is 7.17. The first-order valence-corrected chi connectivity index (χ1v) is 8.98. The number of amides is 1. The van der Waals surface area contributed by atoms with E-state index < -0.39 is 0 Å². The number of hydrogen-bond acceptors (Lipinski definition) is 5. The molecule has 1 N–H and O–H groups in total. The molecule has 1 aliphatic rings. The molecule has 1 aromatic carbocycles. The Morgan fingerprint density at radius 2 is 1.96 bits per heavy atom. The quantitative estimate of drug-likeness (QED) is 0.795. The molecule has 122 valence electrons. The van der Waals surface area contributed by atoms with Gasteiger partial charge in [-0.05, 0) is 53.9 Å². The minimum absolute atomic E-state index is 0.123. The van der Waals surface area contributed by atoms with E-state index in [0.717, 1.165) is 36.9 Å². The third-order valence-corrected chi connectivity index (χ3v) is 5.28. The van der Waals surface area contributed by atoms with Crippen LogP contribution in [0.15, 0.2) is 48.1 Å². The second-order valence-corrected chi connectivity index (χ2v) is 6.90. The van der Waals surface area contributed by atoms with Crippen LogP contribution in [0.1, 0.15) is 23.2 Å². The number of piperidine rings is 1. The molecule has 0 radical (unpaired) electrons. The zero-order valence-electron chi connectivity index (χ0n) is 13.2. The van der Waals surface area contributed by atoms with Crippen molar-refractivity contribution in [2.45, 2.75) is 18.9 Å². The number of carbonyl (C=O) groups excluding carboxylic acids is 1. The smallest absolute Gasteiger partial charge is 0.253 e.